The SMILES string of the molecule is CC(C)n1nc(CN=[N+]=[N-])cc1Sc1cc(Cl)cc(Cl)c1. The number of hydrogen-bond donors (Lipinski definition) is 0. The second-order valence-electron chi connectivity index (χ2n) is 4.61. The molecule has 0 radical (unpaired) electrons. The van der Waals surface area contributed by atoms with E-state index in [1.165, 1.54) is 11.8 Å². The van der Waals surface area contributed by atoms with Crippen LogP contribution in [0.3, 0.4) is 0 Å². The van der Waals surface area contributed by atoms with E-state index in [0.717, 1.165) is 15.6 Å². The van der Waals surface area contributed by atoms with E-state index in [9.17, 15) is 0 Å². The molecule has 110 valence electrons. The number of nitrogens with zero attached hydrogens (tertiary/aromatic N) is 5. The predicted octanol–water partition coefficient (Wildman–Crippen LogP) is 5.73. The van der Waals surface area contributed by atoms with Crippen molar-refractivity contribution in [1.82, 2.24) is 9.78 Å². The molecule has 21 heavy (non-hydrogen) atoms. The maximum atomic E-state index is 8.40. The highest BCUT2D eigenvalue weighted by molar-refractivity contribution is 7.99. The van der Waals surface area contributed by atoms with Crippen molar-refractivity contribution in [3.05, 3.63) is 50.4 Å². The molecule has 0 atom stereocenters. The molecule has 5 nitrogen and oxygen atoms in total. The maximum Gasteiger partial charge on any atom is 0.0993 e. The molecule has 0 aliphatic heterocycles. The van der Waals surface area contributed by atoms with Gasteiger partial charge in [-0.25, -0.2) is 0 Å². The zero-order chi connectivity index (χ0) is 15.4. The van der Waals surface area contributed by atoms with Crippen molar-refractivity contribution >= 4 is 35.0 Å². The molecule has 8 heteroatoms. The Balaban J connectivity index is 2.33. The van der Waals surface area contributed by atoms with Crippen molar-refractivity contribution in [2.45, 2.75) is 36.4 Å². The number of aromatic nitrogens is 2. The molecule has 0 bridgehead atoms. The van der Waals surface area contributed by atoms with Crippen LogP contribution in [0.25, 0.3) is 10.4 Å². The molecular weight excluding hydrogens is 329 g/mol. The zero-order valence-corrected chi connectivity index (χ0v) is 13.8. The summed E-state index contributed by atoms with van der Waals surface area (Å²) in [5.41, 5.74) is 9.13. The lowest BCUT2D eigenvalue weighted by molar-refractivity contribution is 0.489. The molecule has 0 saturated carbocycles. The summed E-state index contributed by atoms with van der Waals surface area (Å²) in [4.78, 5) is 3.69. The third-order valence-corrected chi connectivity index (χ3v) is 4.02. The highest BCUT2D eigenvalue weighted by Gasteiger charge is 2.12. The predicted molar refractivity (Wildman–Crippen MR) is 86.0 cm³/mol. The molecule has 0 aliphatic rings. The standard InChI is InChI=1S/C13H13Cl2N5S/c1-8(2)20-13(6-11(18-20)7-17-19-16)21-12-4-9(14)3-10(15)5-12/h3-6,8H,7H2,1-2H3. The number of benzene rings is 1. The molecule has 1 aromatic carbocycles. The summed E-state index contributed by atoms with van der Waals surface area (Å²) in [7, 11) is 0. The molecule has 0 unspecified atom stereocenters. The van der Waals surface area contributed by atoms with Crippen molar-refractivity contribution in [1.29, 1.82) is 0 Å². The van der Waals surface area contributed by atoms with E-state index in [2.05, 4.69) is 15.1 Å². The van der Waals surface area contributed by atoms with Gasteiger partial charge in [0.1, 0.15) is 0 Å². The molecule has 2 rings (SSSR count). The Morgan fingerprint density at radius 1 is 1.29 bits per heavy atom. The smallest absolute Gasteiger partial charge is 0.0993 e. The van der Waals surface area contributed by atoms with E-state index in [4.69, 9.17) is 28.7 Å². The van der Waals surface area contributed by atoms with Crippen LogP contribution in [0.5, 0.6) is 0 Å². The first kappa shape index (κ1) is 16.0. The average Bonchev–Trinajstić information content (AvgIpc) is 2.78. The van der Waals surface area contributed by atoms with Gasteiger partial charge in [-0.3, -0.25) is 4.68 Å². The zero-order valence-electron chi connectivity index (χ0n) is 11.5. The van der Waals surface area contributed by atoms with Gasteiger partial charge in [0.15, 0.2) is 0 Å². The number of azide groups is 1. The summed E-state index contributed by atoms with van der Waals surface area (Å²) in [6.45, 7) is 4.32. The van der Waals surface area contributed by atoms with E-state index in [1.54, 1.807) is 6.07 Å². The fourth-order valence-corrected chi connectivity index (χ4v) is 3.57. The van der Waals surface area contributed by atoms with Gasteiger partial charge < -0.3 is 0 Å². The monoisotopic (exact) mass is 341 g/mol. The van der Waals surface area contributed by atoms with Gasteiger partial charge in [-0.15, -0.1) is 0 Å². The summed E-state index contributed by atoms with van der Waals surface area (Å²) in [6, 6.07) is 7.50. The van der Waals surface area contributed by atoms with Gasteiger partial charge in [-0.1, -0.05) is 40.1 Å². The Morgan fingerprint density at radius 2 is 1.95 bits per heavy atom. The van der Waals surface area contributed by atoms with E-state index in [1.807, 2.05) is 36.7 Å². The molecule has 0 saturated heterocycles. The number of rotatable bonds is 5. The summed E-state index contributed by atoms with van der Waals surface area (Å²) in [6.07, 6.45) is 0. The molecule has 1 heterocycles. The summed E-state index contributed by atoms with van der Waals surface area (Å²) in [5.74, 6) is 0. The summed E-state index contributed by atoms with van der Waals surface area (Å²) >= 11 is 13.6. The Labute approximate surface area is 136 Å². The lowest BCUT2D eigenvalue weighted by atomic mass is 10.4. The van der Waals surface area contributed by atoms with E-state index < -0.39 is 0 Å². The summed E-state index contributed by atoms with van der Waals surface area (Å²) in [5, 5.41) is 10.1. The van der Waals surface area contributed by atoms with Crippen LogP contribution in [0.4, 0.5) is 0 Å². The van der Waals surface area contributed by atoms with Crippen molar-refractivity contribution in [3.63, 3.8) is 0 Å². The third kappa shape index (κ3) is 4.32. The Kier molecular flexibility index (Phi) is 5.42. The first-order valence-electron chi connectivity index (χ1n) is 6.23. The summed E-state index contributed by atoms with van der Waals surface area (Å²) < 4.78 is 1.89. The van der Waals surface area contributed by atoms with Crippen LogP contribution < -0.4 is 0 Å². The average molecular weight is 342 g/mol. The molecule has 0 N–H and O–H groups in total. The van der Waals surface area contributed by atoms with Gasteiger partial charge in [0.05, 0.1) is 17.3 Å². The van der Waals surface area contributed by atoms with Gasteiger partial charge in [0, 0.05) is 25.9 Å². The molecule has 0 spiro atoms. The fourth-order valence-electron chi connectivity index (χ4n) is 1.76. The lowest BCUT2D eigenvalue weighted by Crippen LogP contribution is -2.04. The van der Waals surface area contributed by atoms with Crippen LogP contribution in [-0.4, -0.2) is 9.78 Å². The van der Waals surface area contributed by atoms with E-state index in [-0.39, 0.29) is 12.6 Å². The minimum Gasteiger partial charge on any atom is -0.256 e. The normalized spacial score (nSPS) is 10.7. The van der Waals surface area contributed by atoms with E-state index in [0.29, 0.717) is 10.0 Å². The van der Waals surface area contributed by atoms with Gasteiger partial charge >= 0.3 is 0 Å². The van der Waals surface area contributed by atoms with Crippen molar-refractivity contribution < 1.29 is 0 Å². The van der Waals surface area contributed by atoms with Crippen LogP contribution in [0.1, 0.15) is 25.6 Å². The Bertz CT molecular complexity index is 672. The van der Waals surface area contributed by atoms with Crippen LogP contribution in [0.15, 0.2) is 39.3 Å². The van der Waals surface area contributed by atoms with Crippen LogP contribution in [0.2, 0.25) is 10.0 Å². The van der Waals surface area contributed by atoms with Crippen LogP contribution in [0, 0.1) is 0 Å². The van der Waals surface area contributed by atoms with Crippen molar-refractivity contribution in [3.8, 4) is 0 Å². The number of halogens is 2. The molecule has 0 fully saturated rings. The fraction of sp³-hybridized carbons (Fsp3) is 0.308. The highest BCUT2D eigenvalue weighted by Crippen LogP contribution is 2.33. The Hall–Kier alpha value is -1.33. The number of hydrogen-bond acceptors (Lipinski definition) is 3. The van der Waals surface area contributed by atoms with Crippen molar-refractivity contribution in [2.24, 2.45) is 5.11 Å². The molecular formula is C13H13Cl2N5S. The second-order valence-corrected chi connectivity index (χ2v) is 6.58. The van der Waals surface area contributed by atoms with E-state index >= 15 is 0 Å². The van der Waals surface area contributed by atoms with Gasteiger partial charge in [0.2, 0.25) is 0 Å². The topological polar surface area (TPSA) is 66.6 Å². The second kappa shape index (κ2) is 7.09. The molecule has 2 aromatic rings. The van der Waals surface area contributed by atoms with Crippen molar-refractivity contribution in [2.75, 3.05) is 0 Å². The van der Waals surface area contributed by atoms with Gasteiger partial charge in [-0.2, -0.15) is 5.10 Å². The van der Waals surface area contributed by atoms with Crippen LogP contribution >= 0.6 is 35.0 Å². The lowest BCUT2D eigenvalue weighted by Gasteiger charge is -2.10. The van der Waals surface area contributed by atoms with Gasteiger partial charge in [0.25, 0.3) is 0 Å². The highest BCUT2D eigenvalue weighted by atomic mass is 35.5. The quantitative estimate of drug-likeness (QED) is 0.395. The first-order valence-corrected chi connectivity index (χ1v) is 7.80. The Morgan fingerprint density at radius 3 is 2.52 bits per heavy atom. The minimum atomic E-state index is 0.196. The van der Waals surface area contributed by atoms with Crippen LogP contribution in [-0.2, 0) is 6.54 Å². The molecule has 1 aromatic heterocycles. The van der Waals surface area contributed by atoms with Gasteiger partial charge in [-0.05, 0) is 43.6 Å². The third-order valence-electron chi connectivity index (χ3n) is 2.60. The first-order chi connectivity index (χ1) is 9.99. The maximum absolute atomic E-state index is 8.40. The molecule has 0 amide bonds. The molecule has 0 aliphatic carbocycles. The largest absolute Gasteiger partial charge is 0.256 e. The minimum absolute atomic E-state index is 0.196.